The molecule has 0 saturated carbocycles. The predicted molar refractivity (Wildman–Crippen MR) is 122 cm³/mol. The van der Waals surface area contributed by atoms with E-state index in [9.17, 15) is 29.1 Å². The van der Waals surface area contributed by atoms with Gasteiger partial charge in [0.25, 0.3) is 0 Å². The van der Waals surface area contributed by atoms with Crippen molar-refractivity contribution in [2.45, 2.75) is 49.9 Å². The van der Waals surface area contributed by atoms with E-state index >= 15 is 0 Å². The van der Waals surface area contributed by atoms with Gasteiger partial charge in [-0.25, -0.2) is 4.79 Å². The van der Waals surface area contributed by atoms with Crippen LogP contribution in [0.15, 0.2) is 30.3 Å². The lowest BCUT2D eigenvalue weighted by Gasteiger charge is -2.24. The molecular weight excluding hydrogens is 450 g/mol. The average Bonchev–Trinajstić information content (AvgIpc) is 3.31. The van der Waals surface area contributed by atoms with Gasteiger partial charge in [-0.1, -0.05) is 30.3 Å². The molecule has 0 bridgehead atoms. The molecule has 4 amide bonds. The molecule has 33 heavy (non-hydrogen) atoms. The molecule has 0 spiro atoms. The van der Waals surface area contributed by atoms with E-state index in [-0.39, 0.29) is 12.2 Å². The van der Waals surface area contributed by atoms with E-state index in [1.165, 1.54) is 0 Å². The largest absolute Gasteiger partial charge is 0.480 e. The first-order valence-corrected chi connectivity index (χ1v) is 11.1. The van der Waals surface area contributed by atoms with Crippen molar-refractivity contribution in [3.05, 3.63) is 35.9 Å². The van der Waals surface area contributed by atoms with Crippen LogP contribution in [-0.2, 0) is 30.4 Å². The van der Waals surface area contributed by atoms with Crippen LogP contribution in [0.2, 0.25) is 0 Å². The van der Waals surface area contributed by atoms with Crippen molar-refractivity contribution in [3.63, 3.8) is 0 Å². The third kappa shape index (κ3) is 8.39. The molecule has 1 saturated heterocycles. The highest BCUT2D eigenvalue weighted by atomic mass is 32.1. The zero-order valence-electron chi connectivity index (χ0n) is 18.0. The summed E-state index contributed by atoms with van der Waals surface area (Å²) in [6.45, 7) is 0.667. The molecule has 11 nitrogen and oxygen atoms in total. The van der Waals surface area contributed by atoms with Gasteiger partial charge >= 0.3 is 5.97 Å². The lowest BCUT2D eigenvalue weighted by atomic mass is 10.1. The van der Waals surface area contributed by atoms with Gasteiger partial charge in [0.2, 0.25) is 23.6 Å². The van der Waals surface area contributed by atoms with Crippen LogP contribution in [-0.4, -0.2) is 71.2 Å². The second-order valence-corrected chi connectivity index (χ2v) is 8.08. The average molecular weight is 480 g/mol. The Labute approximate surface area is 196 Å². The standard InChI is InChI=1S/C21H29N5O6S/c22-17(27)10-14(24-18(28)13-7-4-8-23-13)19(29)26-16(11-33)20(30)25-15(21(31)32)9-12-5-2-1-3-6-12/h1-3,5-6,13-16,23,33H,4,7-11H2,(H2,22,27)(H,24,28)(H,25,30)(H,26,29)(H,31,32). The number of nitrogens with two attached hydrogens (primary N) is 1. The minimum absolute atomic E-state index is 0.0455. The molecule has 7 N–H and O–H groups in total. The molecule has 1 heterocycles. The number of amides is 4. The Morgan fingerprint density at radius 2 is 1.67 bits per heavy atom. The van der Waals surface area contributed by atoms with Crippen LogP contribution in [0.4, 0.5) is 0 Å². The summed E-state index contributed by atoms with van der Waals surface area (Å²) in [6, 6.07) is 4.56. The first-order valence-electron chi connectivity index (χ1n) is 10.5. The number of hydrogen-bond donors (Lipinski definition) is 7. The van der Waals surface area contributed by atoms with E-state index in [1.54, 1.807) is 30.3 Å². The maximum Gasteiger partial charge on any atom is 0.326 e. The van der Waals surface area contributed by atoms with Crippen molar-refractivity contribution in [1.82, 2.24) is 21.3 Å². The number of carbonyl (C=O) groups is 5. The van der Waals surface area contributed by atoms with Crippen molar-refractivity contribution in [3.8, 4) is 0 Å². The summed E-state index contributed by atoms with van der Waals surface area (Å²) in [7, 11) is 0. The predicted octanol–water partition coefficient (Wildman–Crippen LogP) is -1.67. The highest BCUT2D eigenvalue weighted by Gasteiger charge is 2.31. The first kappa shape index (κ1) is 26.1. The second kappa shape index (κ2) is 12.8. The monoisotopic (exact) mass is 479 g/mol. The second-order valence-electron chi connectivity index (χ2n) is 7.71. The minimum atomic E-state index is -1.29. The van der Waals surface area contributed by atoms with Crippen molar-refractivity contribution in [2.24, 2.45) is 5.73 Å². The topological polar surface area (TPSA) is 180 Å². The molecule has 4 atom stereocenters. The van der Waals surface area contributed by atoms with Gasteiger partial charge in [0.1, 0.15) is 18.1 Å². The van der Waals surface area contributed by atoms with Gasteiger partial charge in [-0.05, 0) is 24.9 Å². The minimum Gasteiger partial charge on any atom is -0.480 e. The van der Waals surface area contributed by atoms with Crippen LogP contribution >= 0.6 is 12.6 Å². The van der Waals surface area contributed by atoms with Crippen molar-refractivity contribution >= 4 is 42.2 Å². The van der Waals surface area contributed by atoms with Gasteiger partial charge in [0, 0.05) is 12.2 Å². The van der Waals surface area contributed by atoms with Gasteiger partial charge < -0.3 is 32.1 Å². The van der Waals surface area contributed by atoms with E-state index in [1.807, 2.05) is 0 Å². The number of hydrogen-bond acceptors (Lipinski definition) is 7. The van der Waals surface area contributed by atoms with Crippen molar-refractivity contribution in [2.75, 3.05) is 12.3 Å². The summed E-state index contributed by atoms with van der Waals surface area (Å²) >= 11 is 4.07. The zero-order valence-corrected chi connectivity index (χ0v) is 18.8. The fourth-order valence-corrected chi connectivity index (χ4v) is 3.64. The normalized spacial score (nSPS) is 17.9. The molecule has 1 aromatic carbocycles. The number of carboxylic acid groups (broad SMARTS) is 1. The number of carboxylic acids is 1. The zero-order chi connectivity index (χ0) is 24.4. The molecule has 1 fully saturated rings. The number of carbonyl (C=O) groups excluding carboxylic acids is 4. The van der Waals surface area contributed by atoms with Crippen LogP contribution in [0.1, 0.15) is 24.8 Å². The van der Waals surface area contributed by atoms with E-state index in [0.29, 0.717) is 18.5 Å². The van der Waals surface area contributed by atoms with Gasteiger partial charge in [0.15, 0.2) is 0 Å². The van der Waals surface area contributed by atoms with E-state index in [0.717, 1.165) is 6.42 Å². The van der Waals surface area contributed by atoms with E-state index < -0.39 is 60.2 Å². The maximum atomic E-state index is 12.7. The highest BCUT2D eigenvalue weighted by molar-refractivity contribution is 7.80. The number of thiol groups is 1. The smallest absolute Gasteiger partial charge is 0.326 e. The van der Waals surface area contributed by atoms with Crippen LogP contribution in [0.3, 0.4) is 0 Å². The molecule has 2 rings (SSSR count). The third-order valence-corrected chi connectivity index (χ3v) is 5.49. The van der Waals surface area contributed by atoms with Crippen molar-refractivity contribution in [1.29, 1.82) is 0 Å². The Kier molecular flexibility index (Phi) is 10.1. The summed E-state index contributed by atoms with van der Waals surface area (Å²) in [6.07, 6.45) is 0.984. The summed E-state index contributed by atoms with van der Waals surface area (Å²) < 4.78 is 0. The van der Waals surface area contributed by atoms with E-state index in [2.05, 4.69) is 33.9 Å². The molecule has 1 aliphatic rings. The molecule has 12 heteroatoms. The highest BCUT2D eigenvalue weighted by Crippen LogP contribution is 2.07. The Hall–Kier alpha value is -3.12. The van der Waals surface area contributed by atoms with Gasteiger partial charge in [0.05, 0.1) is 12.5 Å². The molecule has 180 valence electrons. The fourth-order valence-electron chi connectivity index (χ4n) is 3.38. The Balaban J connectivity index is 2.02. The molecule has 0 radical (unpaired) electrons. The Morgan fingerprint density at radius 3 is 2.21 bits per heavy atom. The molecule has 1 aromatic rings. The first-order chi connectivity index (χ1) is 15.7. The van der Waals surface area contributed by atoms with Gasteiger partial charge in [-0.2, -0.15) is 12.6 Å². The third-order valence-electron chi connectivity index (χ3n) is 5.13. The Bertz CT molecular complexity index is 862. The van der Waals surface area contributed by atoms with Crippen LogP contribution in [0, 0.1) is 0 Å². The molecule has 4 unspecified atom stereocenters. The van der Waals surface area contributed by atoms with E-state index in [4.69, 9.17) is 5.73 Å². The number of benzene rings is 1. The lowest BCUT2D eigenvalue weighted by molar-refractivity contribution is -0.142. The summed E-state index contributed by atoms with van der Waals surface area (Å²) in [5.41, 5.74) is 5.92. The Morgan fingerprint density at radius 1 is 1.03 bits per heavy atom. The van der Waals surface area contributed by atoms with Crippen LogP contribution in [0.25, 0.3) is 0 Å². The number of rotatable bonds is 12. The lowest BCUT2D eigenvalue weighted by Crippen LogP contribution is -2.58. The number of aliphatic carboxylic acids is 1. The summed E-state index contributed by atoms with van der Waals surface area (Å²) in [5, 5.41) is 19.8. The molecule has 1 aliphatic heterocycles. The number of nitrogens with one attached hydrogen (secondary N) is 4. The molecule has 0 aromatic heterocycles. The molecular formula is C21H29N5O6S. The van der Waals surface area contributed by atoms with Crippen molar-refractivity contribution < 1.29 is 29.1 Å². The van der Waals surface area contributed by atoms with Crippen LogP contribution in [0.5, 0.6) is 0 Å². The number of primary amides is 1. The summed E-state index contributed by atoms with van der Waals surface area (Å²) in [5.74, 6) is -4.20. The maximum absolute atomic E-state index is 12.7. The van der Waals surface area contributed by atoms with Gasteiger partial charge in [-0.15, -0.1) is 0 Å². The van der Waals surface area contributed by atoms with Gasteiger partial charge in [-0.3, -0.25) is 19.2 Å². The fraction of sp³-hybridized carbons (Fsp3) is 0.476. The summed E-state index contributed by atoms with van der Waals surface area (Å²) in [4.78, 5) is 60.8. The van der Waals surface area contributed by atoms with Crippen LogP contribution < -0.4 is 27.0 Å². The molecule has 0 aliphatic carbocycles. The SMILES string of the molecule is NC(=O)CC(NC(=O)C1CCCN1)C(=O)NC(CS)C(=O)NC(Cc1ccccc1)C(=O)O. The quantitative estimate of drug-likeness (QED) is 0.175.